The molecule has 0 spiro atoms. The van der Waals surface area contributed by atoms with Gasteiger partial charge in [0.25, 0.3) is 0 Å². The van der Waals surface area contributed by atoms with Gasteiger partial charge in [-0.1, -0.05) is 0 Å². The summed E-state index contributed by atoms with van der Waals surface area (Å²) in [5, 5.41) is 0. The first-order chi connectivity index (χ1) is 5.84. The fourth-order valence-corrected chi connectivity index (χ4v) is 1.55. The van der Waals surface area contributed by atoms with Gasteiger partial charge in [0.15, 0.2) is 0 Å². The summed E-state index contributed by atoms with van der Waals surface area (Å²) in [4.78, 5) is 13.4. The summed E-state index contributed by atoms with van der Waals surface area (Å²) >= 11 is 0. The van der Waals surface area contributed by atoms with E-state index in [1.807, 2.05) is 4.90 Å². The number of nitrogens with zero attached hydrogens (tertiary/aromatic N) is 1. The van der Waals surface area contributed by atoms with Crippen LogP contribution in [-0.2, 0) is 4.79 Å². The van der Waals surface area contributed by atoms with Crippen LogP contribution in [0.4, 0.5) is 0 Å². The molecule has 3 nitrogen and oxygen atoms in total. The number of likely N-dealkylation sites (tertiary alicyclic amines) is 1. The maximum atomic E-state index is 11.4. The molecular weight excluding hydrogens is 152 g/mol. The molecule has 1 rings (SSSR count). The van der Waals surface area contributed by atoms with Crippen LogP contribution in [-0.4, -0.2) is 30.4 Å². The molecule has 0 aliphatic carbocycles. The van der Waals surface area contributed by atoms with E-state index in [0.717, 1.165) is 19.5 Å². The van der Waals surface area contributed by atoms with Crippen LogP contribution in [0.3, 0.4) is 0 Å². The van der Waals surface area contributed by atoms with Gasteiger partial charge in [0.1, 0.15) is 0 Å². The maximum Gasteiger partial charge on any atom is 0.222 e. The molecule has 0 aromatic heterocycles. The van der Waals surface area contributed by atoms with Crippen LogP contribution in [0, 0.1) is 0 Å². The predicted octanol–water partition coefficient (Wildman–Crippen LogP) is 0.738. The van der Waals surface area contributed by atoms with E-state index in [2.05, 4.69) is 0 Å². The summed E-state index contributed by atoms with van der Waals surface area (Å²) in [5.41, 5.74) is 5.34. The monoisotopic (exact) mass is 170 g/mol. The second kappa shape index (κ2) is 5.14. The molecule has 1 saturated heterocycles. The highest BCUT2D eigenvalue weighted by Crippen LogP contribution is 2.10. The minimum absolute atomic E-state index is 0.292. The maximum absolute atomic E-state index is 11.4. The lowest BCUT2D eigenvalue weighted by Crippen LogP contribution is -2.35. The Bertz CT molecular complexity index is 141. The van der Waals surface area contributed by atoms with Gasteiger partial charge >= 0.3 is 0 Å². The van der Waals surface area contributed by atoms with Crippen molar-refractivity contribution in [2.75, 3.05) is 19.6 Å². The molecule has 0 radical (unpaired) electrons. The highest BCUT2D eigenvalue weighted by Gasteiger charge is 2.14. The average Bonchev–Trinajstić information content (AvgIpc) is 2.15. The molecule has 0 bridgehead atoms. The quantitative estimate of drug-likeness (QED) is 0.679. The Morgan fingerprint density at radius 3 is 2.50 bits per heavy atom. The zero-order chi connectivity index (χ0) is 8.81. The van der Waals surface area contributed by atoms with Crippen molar-refractivity contribution in [2.45, 2.75) is 32.1 Å². The molecule has 1 aliphatic heterocycles. The van der Waals surface area contributed by atoms with Gasteiger partial charge in [0, 0.05) is 19.5 Å². The first-order valence-corrected chi connectivity index (χ1v) is 4.82. The predicted molar refractivity (Wildman–Crippen MR) is 48.7 cm³/mol. The highest BCUT2D eigenvalue weighted by atomic mass is 16.2. The van der Waals surface area contributed by atoms with Crippen LogP contribution in [0.25, 0.3) is 0 Å². The minimum atomic E-state index is 0.292. The number of carbonyl (C=O) groups excluding carboxylic acids is 1. The molecule has 70 valence electrons. The number of rotatable bonds is 3. The number of piperidine rings is 1. The third kappa shape index (κ3) is 2.81. The van der Waals surface area contributed by atoms with E-state index in [0.29, 0.717) is 18.9 Å². The molecule has 1 aliphatic rings. The van der Waals surface area contributed by atoms with E-state index < -0.39 is 0 Å². The molecule has 1 fully saturated rings. The average molecular weight is 170 g/mol. The third-order valence-corrected chi connectivity index (χ3v) is 2.30. The number of amides is 1. The standard InChI is InChI=1S/C9H18N2O/c10-6-4-5-9(12)11-7-2-1-3-8-11/h1-8,10H2. The van der Waals surface area contributed by atoms with Crippen molar-refractivity contribution in [2.24, 2.45) is 5.73 Å². The Balaban J connectivity index is 2.20. The van der Waals surface area contributed by atoms with Crippen molar-refractivity contribution in [3.8, 4) is 0 Å². The molecular formula is C9H18N2O. The van der Waals surface area contributed by atoms with Gasteiger partial charge in [-0.05, 0) is 32.2 Å². The van der Waals surface area contributed by atoms with Gasteiger partial charge in [-0.25, -0.2) is 0 Å². The van der Waals surface area contributed by atoms with Crippen LogP contribution in [0.5, 0.6) is 0 Å². The van der Waals surface area contributed by atoms with E-state index in [4.69, 9.17) is 5.73 Å². The molecule has 0 unspecified atom stereocenters. The molecule has 1 amide bonds. The summed E-state index contributed by atoms with van der Waals surface area (Å²) in [6.45, 7) is 2.55. The van der Waals surface area contributed by atoms with E-state index in [1.165, 1.54) is 19.3 Å². The minimum Gasteiger partial charge on any atom is -0.343 e. The Labute approximate surface area is 73.9 Å². The smallest absolute Gasteiger partial charge is 0.222 e. The lowest BCUT2D eigenvalue weighted by molar-refractivity contribution is -0.132. The van der Waals surface area contributed by atoms with Gasteiger partial charge in [0.05, 0.1) is 0 Å². The summed E-state index contributed by atoms with van der Waals surface area (Å²) in [7, 11) is 0. The molecule has 3 heteroatoms. The van der Waals surface area contributed by atoms with Crippen LogP contribution in [0.1, 0.15) is 32.1 Å². The van der Waals surface area contributed by atoms with Gasteiger partial charge in [-0.3, -0.25) is 4.79 Å². The van der Waals surface area contributed by atoms with Crippen molar-refractivity contribution >= 4 is 5.91 Å². The summed E-state index contributed by atoms with van der Waals surface area (Å²) in [5.74, 6) is 0.292. The second-order valence-electron chi connectivity index (χ2n) is 3.33. The molecule has 0 aromatic rings. The number of hydrogen-bond donors (Lipinski definition) is 1. The molecule has 0 aromatic carbocycles. The Morgan fingerprint density at radius 1 is 1.25 bits per heavy atom. The van der Waals surface area contributed by atoms with E-state index >= 15 is 0 Å². The zero-order valence-corrected chi connectivity index (χ0v) is 7.59. The first-order valence-electron chi connectivity index (χ1n) is 4.82. The van der Waals surface area contributed by atoms with E-state index in [1.54, 1.807) is 0 Å². The Hall–Kier alpha value is -0.570. The lowest BCUT2D eigenvalue weighted by atomic mass is 10.1. The van der Waals surface area contributed by atoms with Gasteiger partial charge < -0.3 is 10.6 Å². The Kier molecular flexibility index (Phi) is 4.08. The van der Waals surface area contributed by atoms with Crippen molar-refractivity contribution in [1.29, 1.82) is 0 Å². The van der Waals surface area contributed by atoms with E-state index in [-0.39, 0.29) is 0 Å². The molecule has 2 N–H and O–H groups in total. The molecule has 0 saturated carbocycles. The number of nitrogens with two attached hydrogens (primary N) is 1. The van der Waals surface area contributed by atoms with Crippen LogP contribution >= 0.6 is 0 Å². The SMILES string of the molecule is NCCCC(=O)N1CCCCC1. The fraction of sp³-hybridized carbons (Fsp3) is 0.889. The largest absolute Gasteiger partial charge is 0.343 e. The summed E-state index contributed by atoms with van der Waals surface area (Å²) in [6, 6.07) is 0. The van der Waals surface area contributed by atoms with Crippen molar-refractivity contribution < 1.29 is 4.79 Å². The lowest BCUT2D eigenvalue weighted by Gasteiger charge is -2.26. The van der Waals surface area contributed by atoms with Gasteiger partial charge in [0.2, 0.25) is 5.91 Å². The molecule has 12 heavy (non-hydrogen) atoms. The van der Waals surface area contributed by atoms with Crippen molar-refractivity contribution in [3.05, 3.63) is 0 Å². The normalized spacial score (nSPS) is 17.9. The number of hydrogen-bond acceptors (Lipinski definition) is 2. The third-order valence-electron chi connectivity index (χ3n) is 2.30. The van der Waals surface area contributed by atoms with Gasteiger partial charge in [-0.15, -0.1) is 0 Å². The van der Waals surface area contributed by atoms with E-state index in [9.17, 15) is 4.79 Å². The van der Waals surface area contributed by atoms with Crippen molar-refractivity contribution in [1.82, 2.24) is 4.90 Å². The van der Waals surface area contributed by atoms with Crippen LogP contribution in [0.15, 0.2) is 0 Å². The number of carbonyl (C=O) groups is 1. The fourth-order valence-electron chi connectivity index (χ4n) is 1.55. The second-order valence-corrected chi connectivity index (χ2v) is 3.33. The first kappa shape index (κ1) is 9.52. The summed E-state index contributed by atoms with van der Waals surface area (Å²) in [6.07, 6.45) is 5.09. The highest BCUT2D eigenvalue weighted by molar-refractivity contribution is 5.76. The van der Waals surface area contributed by atoms with Crippen LogP contribution in [0.2, 0.25) is 0 Å². The summed E-state index contributed by atoms with van der Waals surface area (Å²) < 4.78 is 0. The van der Waals surface area contributed by atoms with Crippen LogP contribution < -0.4 is 5.73 Å². The Morgan fingerprint density at radius 2 is 1.92 bits per heavy atom. The molecule has 0 atom stereocenters. The molecule has 1 heterocycles. The topological polar surface area (TPSA) is 46.3 Å². The van der Waals surface area contributed by atoms with Gasteiger partial charge in [-0.2, -0.15) is 0 Å². The van der Waals surface area contributed by atoms with Crippen molar-refractivity contribution in [3.63, 3.8) is 0 Å². The zero-order valence-electron chi connectivity index (χ0n) is 7.59.